The van der Waals surface area contributed by atoms with Crippen molar-refractivity contribution in [2.75, 3.05) is 6.54 Å². The SMILES string of the molecule is C=CCNS(=O)(=O)c1cccc(C(=O)/C=C/c2cc(C)nn2C)c1. The smallest absolute Gasteiger partial charge is 0.240 e. The van der Waals surface area contributed by atoms with E-state index in [1.807, 2.05) is 13.0 Å². The van der Waals surface area contributed by atoms with E-state index >= 15 is 0 Å². The maximum Gasteiger partial charge on any atom is 0.240 e. The fourth-order valence-corrected chi connectivity index (χ4v) is 3.16. The first-order valence-electron chi connectivity index (χ1n) is 7.27. The monoisotopic (exact) mass is 345 g/mol. The molecule has 1 N–H and O–H groups in total. The molecule has 1 heterocycles. The van der Waals surface area contributed by atoms with E-state index in [-0.39, 0.29) is 17.2 Å². The number of sulfonamides is 1. The highest BCUT2D eigenvalue weighted by atomic mass is 32.2. The van der Waals surface area contributed by atoms with Crippen LogP contribution < -0.4 is 4.72 Å². The average molecular weight is 345 g/mol. The molecule has 0 aliphatic heterocycles. The highest BCUT2D eigenvalue weighted by Crippen LogP contribution is 2.13. The Kier molecular flexibility index (Phi) is 5.48. The average Bonchev–Trinajstić information content (AvgIpc) is 2.88. The lowest BCUT2D eigenvalue weighted by Crippen LogP contribution is -2.23. The zero-order valence-electron chi connectivity index (χ0n) is 13.6. The fraction of sp³-hybridized carbons (Fsp3) is 0.176. The summed E-state index contributed by atoms with van der Waals surface area (Å²) < 4.78 is 28.2. The summed E-state index contributed by atoms with van der Waals surface area (Å²) >= 11 is 0. The predicted molar refractivity (Wildman–Crippen MR) is 93.1 cm³/mol. The molecule has 2 aromatic rings. The van der Waals surface area contributed by atoms with E-state index in [1.165, 1.54) is 30.4 Å². The van der Waals surface area contributed by atoms with Gasteiger partial charge in [0.2, 0.25) is 10.0 Å². The molecular weight excluding hydrogens is 326 g/mol. The largest absolute Gasteiger partial charge is 0.289 e. The Morgan fingerprint density at radius 2 is 2.12 bits per heavy atom. The first-order valence-corrected chi connectivity index (χ1v) is 8.75. The Morgan fingerprint density at radius 3 is 2.75 bits per heavy atom. The van der Waals surface area contributed by atoms with Gasteiger partial charge in [-0.15, -0.1) is 6.58 Å². The second-order valence-electron chi connectivity index (χ2n) is 5.20. The van der Waals surface area contributed by atoms with E-state index in [0.29, 0.717) is 5.56 Å². The van der Waals surface area contributed by atoms with Crippen molar-refractivity contribution in [2.45, 2.75) is 11.8 Å². The molecular formula is C17H19N3O3S. The predicted octanol–water partition coefficient (Wildman–Crippen LogP) is 2.09. The molecule has 126 valence electrons. The van der Waals surface area contributed by atoms with Crippen LogP contribution >= 0.6 is 0 Å². The van der Waals surface area contributed by atoms with Gasteiger partial charge in [0, 0.05) is 19.2 Å². The van der Waals surface area contributed by atoms with Crippen molar-refractivity contribution in [3.05, 3.63) is 66.0 Å². The number of carbonyl (C=O) groups is 1. The molecule has 6 nitrogen and oxygen atoms in total. The van der Waals surface area contributed by atoms with Gasteiger partial charge < -0.3 is 0 Å². The summed E-state index contributed by atoms with van der Waals surface area (Å²) in [6.07, 6.45) is 4.50. The molecule has 1 aromatic carbocycles. The number of hydrogen-bond donors (Lipinski definition) is 1. The molecule has 0 fully saturated rings. The van der Waals surface area contributed by atoms with Crippen LogP contribution in [0.5, 0.6) is 0 Å². The number of hydrogen-bond acceptors (Lipinski definition) is 4. The minimum Gasteiger partial charge on any atom is -0.289 e. The Bertz CT molecular complexity index is 896. The van der Waals surface area contributed by atoms with E-state index in [0.717, 1.165) is 11.4 Å². The van der Waals surface area contributed by atoms with Crippen LogP contribution in [0, 0.1) is 6.92 Å². The molecule has 7 heteroatoms. The number of allylic oxidation sites excluding steroid dienone is 1. The Labute approximate surface area is 141 Å². The topological polar surface area (TPSA) is 81.1 Å². The van der Waals surface area contributed by atoms with E-state index in [9.17, 15) is 13.2 Å². The molecule has 0 amide bonds. The lowest BCUT2D eigenvalue weighted by molar-refractivity contribution is 0.104. The molecule has 0 spiro atoms. The lowest BCUT2D eigenvalue weighted by Gasteiger charge is -2.05. The van der Waals surface area contributed by atoms with Crippen molar-refractivity contribution >= 4 is 21.9 Å². The highest BCUT2D eigenvalue weighted by molar-refractivity contribution is 7.89. The molecule has 0 atom stereocenters. The van der Waals surface area contributed by atoms with Gasteiger partial charge in [0.05, 0.1) is 16.3 Å². The van der Waals surface area contributed by atoms with E-state index < -0.39 is 10.0 Å². The summed E-state index contributed by atoms with van der Waals surface area (Å²) in [7, 11) is -1.87. The van der Waals surface area contributed by atoms with Crippen LogP contribution in [0.2, 0.25) is 0 Å². The first kappa shape index (κ1) is 17.8. The number of nitrogens with zero attached hydrogens (tertiary/aromatic N) is 2. The van der Waals surface area contributed by atoms with E-state index in [1.54, 1.807) is 23.9 Å². The quantitative estimate of drug-likeness (QED) is 0.473. The summed E-state index contributed by atoms with van der Waals surface area (Å²) in [5.74, 6) is -0.283. The number of rotatable bonds is 7. The number of carbonyl (C=O) groups excluding carboxylic acids is 1. The maximum absolute atomic E-state index is 12.3. The maximum atomic E-state index is 12.3. The first-order chi connectivity index (χ1) is 11.3. The van der Waals surface area contributed by atoms with E-state index in [4.69, 9.17) is 0 Å². The normalized spacial score (nSPS) is 11.8. The van der Waals surface area contributed by atoms with Gasteiger partial charge >= 0.3 is 0 Å². The molecule has 0 radical (unpaired) electrons. The number of ketones is 1. The third-order valence-corrected chi connectivity index (χ3v) is 4.71. The van der Waals surface area contributed by atoms with Crippen molar-refractivity contribution in [3.8, 4) is 0 Å². The lowest BCUT2D eigenvalue weighted by atomic mass is 10.1. The van der Waals surface area contributed by atoms with Gasteiger partial charge in [-0.05, 0) is 37.3 Å². The van der Waals surface area contributed by atoms with Gasteiger partial charge in [0.1, 0.15) is 0 Å². The van der Waals surface area contributed by atoms with Gasteiger partial charge in [-0.25, -0.2) is 13.1 Å². The Hall–Kier alpha value is -2.51. The minimum absolute atomic E-state index is 0.0416. The second kappa shape index (κ2) is 7.37. The van der Waals surface area contributed by atoms with Crippen LogP contribution in [-0.4, -0.2) is 30.5 Å². The number of aromatic nitrogens is 2. The van der Waals surface area contributed by atoms with Gasteiger partial charge in [0.25, 0.3) is 0 Å². The Morgan fingerprint density at radius 1 is 1.38 bits per heavy atom. The molecule has 24 heavy (non-hydrogen) atoms. The van der Waals surface area contributed by atoms with Gasteiger partial charge in [-0.1, -0.05) is 18.2 Å². The highest BCUT2D eigenvalue weighted by Gasteiger charge is 2.14. The van der Waals surface area contributed by atoms with Crippen molar-refractivity contribution in [1.82, 2.24) is 14.5 Å². The summed E-state index contributed by atoms with van der Waals surface area (Å²) in [5, 5.41) is 4.20. The zero-order chi connectivity index (χ0) is 17.7. The van der Waals surface area contributed by atoms with Crippen LogP contribution in [0.15, 0.2) is 54.0 Å². The molecule has 0 aliphatic carbocycles. The number of aryl methyl sites for hydroxylation is 2. The summed E-state index contributed by atoms with van der Waals surface area (Å²) in [6, 6.07) is 7.76. The fourth-order valence-electron chi connectivity index (χ4n) is 2.11. The number of nitrogens with one attached hydrogen (secondary N) is 1. The third kappa shape index (κ3) is 4.27. The van der Waals surface area contributed by atoms with Gasteiger partial charge in [-0.2, -0.15) is 5.10 Å². The minimum atomic E-state index is -3.66. The third-order valence-electron chi connectivity index (χ3n) is 3.29. The van der Waals surface area contributed by atoms with Crippen molar-refractivity contribution in [1.29, 1.82) is 0 Å². The number of benzene rings is 1. The van der Waals surface area contributed by atoms with Crippen LogP contribution in [0.25, 0.3) is 6.08 Å². The summed E-state index contributed by atoms with van der Waals surface area (Å²) in [4.78, 5) is 12.3. The van der Waals surface area contributed by atoms with Crippen molar-refractivity contribution in [2.24, 2.45) is 7.05 Å². The standard InChI is InChI=1S/C17H19N3O3S/c1-4-10-18-24(22,23)16-7-5-6-14(12-16)17(21)9-8-15-11-13(2)19-20(15)3/h4-9,11-12,18H,1,10H2,2-3H3/b9-8+. The van der Waals surface area contributed by atoms with Gasteiger partial charge in [0.15, 0.2) is 5.78 Å². The van der Waals surface area contributed by atoms with E-state index in [2.05, 4.69) is 16.4 Å². The van der Waals surface area contributed by atoms with Crippen molar-refractivity contribution in [3.63, 3.8) is 0 Å². The summed E-state index contributed by atoms with van der Waals surface area (Å²) in [6.45, 7) is 5.46. The van der Waals surface area contributed by atoms with Crippen LogP contribution in [0.1, 0.15) is 21.7 Å². The molecule has 0 aliphatic rings. The van der Waals surface area contributed by atoms with Crippen LogP contribution in [0.4, 0.5) is 0 Å². The molecule has 0 unspecified atom stereocenters. The Balaban J connectivity index is 2.23. The van der Waals surface area contributed by atoms with Crippen LogP contribution in [0.3, 0.4) is 0 Å². The molecule has 0 saturated carbocycles. The molecule has 0 bridgehead atoms. The van der Waals surface area contributed by atoms with Crippen molar-refractivity contribution < 1.29 is 13.2 Å². The molecule has 1 aromatic heterocycles. The zero-order valence-corrected chi connectivity index (χ0v) is 14.4. The summed E-state index contributed by atoms with van der Waals surface area (Å²) in [5.41, 5.74) is 1.94. The molecule has 2 rings (SSSR count). The second-order valence-corrected chi connectivity index (χ2v) is 6.97. The van der Waals surface area contributed by atoms with Gasteiger partial charge in [-0.3, -0.25) is 9.48 Å². The molecule has 0 saturated heterocycles. The van der Waals surface area contributed by atoms with Crippen LogP contribution in [-0.2, 0) is 17.1 Å².